The lowest BCUT2D eigenvalue weighted by molar-refractivity contribution is 0.233. The van der Waals surface area contributed by atoms with Gasteiger partial charge in [-0.25, -0.2) is 8.42 Å². The highest BCUT2D eigenvalue weighted by molar-refractivity contribution is 7.98. The molecule has 15 heavy (non-hydrogen) atoms. The maximum atomic E-state index is 11.0. The molecule has 6 heteroatoms. The van der Waals surface area contributed by atoms with Gasteiger partial charge in [-0.05, 0) is 25.4 Å². The van der Waals surface area contributed by atoms with Gasteiger partial charge in [0, 0.05) is 18.3 Å². The van der Waals surface area contributed by atoms with Gasteiger partial charge < -0.3 is 10.4 Å². The number of nitrogens with one attached hydrogen (secondary N) is 1. The van der Waals surface area contributed by atoms with Gasteiger partial charge in [-0.15, -0.1) is 0 Å². The summed E-state index contributed by atoms with van der Waals surface area (Å²) in [5.74, 6) is 1.08. The van der Waals surface area contributed by atoms with Crippen molar-refractivity contribution >= 4 is 21.6 Å². The molecule has 2 N–H and O–H groups in total. The zero-order valence-electron chi connectivity index (χ0n) is 9.56. The van der Waals surface area contributed by atoms with Crippen molar-refractivity contribution in [2.24, 2.45) is 0 Å². The third kappa shape index (κ3) is 9.17. The van der Waals surface area contributed by atoms with Crippen LogP contribution in [0.25, 0.3) is 0 Å². The molecule has 0 fully saturated rings. The topological polar surface area (TPSA) is 66.4 Å². The fourth-order valence-electron chi connectivity index (χ4n) is 1.39. The fraction of sp³-hybridized carbons (Fsp3) is 1.00. The van der Waals surface area contributed by atoms with Crippen LogP contribution in [0.4, 0.5) is 0 Å². The van der Waals surface area contributed by atoms with Gasteiger partial charge in [0.25, 0.3) is 0 Å². The zero-order valence-corrected chi connectivity index (χ0v) is 11.2. The third-order valence-corrected chi connectivity index (χ3v) is 3.71. The summed E-state index contributed by atoms with van der Waals surface area (Å²) >= 11 is 1.72. The van der Waals surface area contributed by atoms with Gasteiger partial charge in [-0.3, -0.25) is 0 Å². The summed E-state index contributed by atoms with van der Waals surface area (Å²) in [7, 11) is -2.95. The summed E-state index contributed by atoms with van der Waals surface area (Å²) in [5, 5.41) is 12.2. The minimum absolute atomic E-state index is 0.00537. The van der Waals surface area contributed by atoms with Gasteiger partial charge in [0.1, 0.15) is 9.84 Å². The Morgan fingerprint density at radius 3 is 2.47 bits per heavy atom. The highest BCUT2D eigenvalue weighted by Crippen LogP contribution is 2.02. The molecule has 0 saturated heterocycles. The minimum atomic E-state index is -2.95. The first-order valence-electron chi connectivity index (χ1n) is 4.92. The highest BCUT2D eigenvalue weighted by Gasteiger charge is 2.14. The minimum Gasteiger partial charge on any atom is -0.395 e. The Hall–Kier alpha value is 0.220. The van der Waals surface area contributed by atoms with E-state index < -0.39 is 9.84 Å². The number of hydrogen-bond donors (Lipinski definition) is 2. The van der Waals surface area contributed by atoms with Crippen LogP contribution in [0.5, 0.6) is 0 Å². The Balaban J connectivity index is 3.95. The molecular formula is C9H21NO3S2. The van der Waals surface area contributed by atoms with Crippen molar-refractivity contribution < 1.29 is 13.5 Å². The van der Waals surface area contributed by atoms with Crippen molar-refractivity contribution in [1.82, 2.24) is 5.32 Å². The second kappa shape index (κ2) is 7.49. The largest absolute Gasteiger partial charge is 0.395 e. The van der Waals surface area contributed by atoms with Crippen molar-refractivity contribution in [3.63, 3.8) is 0 Å². The van der Waals surface area contributed by atoms with E-state index in [1.54, 1.807) is 11.8 Å². The predicted octanol–water partition coefficient (Wildman–Crippen LogP) is 0.123. The quantitative estimate of drug-likeness (QED) is 0.645. The zero-order chi connectivity index (χ0) is 11.9. The highest BCUT2D eigenvalue weighted by atomic mass is 32.2. The van der Waals surface area contributed by atoms with Crippen molar-refractivity contribution in [2.45, 2.75) is 25.4 Å². The Labute approximate surface area is 96.8 Å². The molecule has 4 nitrogen and oxygen atoms in total. The SMILES string of the molecule is CSCCC(CO)NC(C)CS(C)(=O)=O. The number of aliphatic hydroxyl groups is 1. The molecule has 0 aliphatic rings. The van der Waals surface area contributed by atoms with Gasteiger partial charge in [0.15, 0.2) is 0 Å². The van der Waals surface area contributed by atoms with E-state index >= 15 is 0 Å². The monoisotopic (exact) mass is 255 g/mol. The van der Waals surface area contributed by atoms with Crippen LogP contribution in [0.15, 0.2) is 0 Å². The van der Waals surface area contributed by atoms with Gasteiger partial charge in [-0.1, -0.05) is 0 Å². The van der Waals surface area contributed by atoms with E-state index in [1.165, 1.54) is 6.26 Å². The predicted molar refractivity (Wildman–Crippen MR) is 66.2 cm³/mol. The Kier molecular flexibility index (Phi) is 7.60. The molecule has 0 aromatic heterocycles. The molecule has 0 aliphatic heterocycles. The first kappa shape index (κ1) is 15.2. The van der Waals surface area contributed by atoms with Gasteiger partial charge in [-0.2, -0.15) is 11.8 Å². The Bertz CT molecular complexity index is 254. The summed E-state index contributed by atoms with van der Waals surface area (Å²) in [4.78, 5) is 0. The van der Waals surface area contributed by atoms with Crippen molar-refractivity contribution in [3.05, 3.63) is 0 Å². The molecule has 0 aromatic rings. The summed E-state index contributed by atoms with van der Waals surface area (Å²) in [6.07, 6.45) is 4.08. The average molecular weight is 255 g/mol. The molecular weight excluding hydrogens is 234 g/mol. The molecule has 0 spiro atoms. The van der Waals surface area contributed by atoms with Crippen LogP contribution in [-0.4, -0.2) is 56.2 Å². The smallest absolute Gasteiger partial charge is 0.148 e. The lowest BCUT2D eigenvalue weighted by atomic mass is 10.2. The second-order valence-corrected chi connectivity index (χ2v) is 6.99. The Morgan fingerprint density at radius 2 is 2.07 bits per heavy atom. The molecule has 0 aromatic carbocycles. The maximum Gasteiger partial charge on any atom is 0.148 e. The molecule has 0 bridgehead atoms. The van der Waals surface area contributed by atoms with Crippen LogP contribution in [0.2, 0.25) is 0 Å². The lowest BCUT2D eigenvalue weighted by Crippen LogP contribution is -2.42. The summed E-state index contributed by atoms with van der Waals surface area (Å²) in [6, 6.07) is -0.117. The normalized spacial score (nSPS) is 16.3. The number of hydrogen-bond acceptors (Lipinski definition) is 5. The van der Waals surface area contributed by atoms with Crippen molar-refractivity contribution in [3.8, 4) is 0 Å². The molecule has 0 aliphatic carbocycles. The molecule has 0 amide bonds. The standard InChI is InChI=1S/C9H21NO3S2/c1-8(7-15(3,12)13)10-9(6-11)4-5-14-2/h8-11H,4-7H2,1-3H3. The molecule has 2 atom stereocenters. The molecule has 0 heterocycles. The number of sulfone groups is 1. The average Bonchev–Trinajstić information content (AvgIpc) is 2.09. The van der Waals surface area contributed by atoms with Gasteiger partial charge >= 0.3 is 0 Å². The number of aliphatic hydroxyl groups excluding tert-OH is 1. The Morgan fingerprint density at radius 1 is 1.47 bits per heavy atom. The van der Waals surface area contributed by atoms with E-state index in [-0.39, 0.29) is 24.4 Å². The van der Waals surface area contributed by atoms with E-state index in [2.05, 4.69) is 5.32 Å². The number of rotatable bonds is 8. The van der Waals surface area contributed by atoms with Crippen molar-refractivity contribution in [1.29, 1.82) is 0 Å². The van der Waals surface area contributed by atoms with Crippen LogP contribution in [0, 0.1) is 0 Å². The molecule has 0 radical (unpaired) electrons. The van der Waals surface area contributed by atoms with Crippen LogP contribution in [-0.2, 0) is 9.84 Å². The summed E-state index contributed by atoms with van der Waals surface area (Å²) < 4.78 is 22.0. The van der Waals surface area contributed by atoms with E-state index in [0.717, 1.165) is 12.2 Å². The van der Waals surface area contributed by atoms with Crippen LogP contribution in [0.3, 0.4) is 0 Å². The second-order valence-electron chi connectivity index (χ2n) is 3.82. The van der Waals surface area contributed by atoms with E-state index in [1.807, 2.05) is 13.2 Å². The van der Waals surface area contributed by atoms with E-state index in [0.29, 0.717) is 0 Å². The number of thioether (sulfide) groups is 1. The fourth-order valence-corrected chi connectivity index (χ4v) is 2.92. The molecule has 92 valence electrons. The molecule has 0 rings (SSSR count). The van der Waals surface area contributed by atoms with Crippen LogP contribution >= 0.6 is 11.8 Å². The molecule has 0 saturated carbocycles. The van der Waals surface area contributed by atoms with Crippen LogP contribution in [0.1, 0.15) is 13.3 Å². The van der Waals surface area contributed by atoms with E-state index in [4.69, 9.17) is 5.11 Å². The maximum absolute atomic E-state index is 11.0. The van der Waals surface area contributed by atoms with Gasteiger partial charge in [0.05, 0.1) is 12.4 Å². The van der Waals surface area contributed by atoms with Gasteiger partial charge in [0.2, 0.25) is 0 Å². The first-order valence-corrected chi connectivity index (χ1v) is 8.38. The first-order chi connectivity index (χ1) is 6.89. The molecule has 2 unspecified atom stereocenters. The summed E-state index contributed by atoms with van der Waals surface area (Å²) in [5.41, 5.74) is 0. The van der Waals surface area contributed by atoms with Crippen molar-refractivity contribution in [2.75, 3.05) is 30.6 Å². The third-order valence-electron chi connectivity index (χ3n) is 1.96. The lowest BCUT2D eigenvalue weighted by Gasteiger charge is -2.20. The summed E-state index contributed by atoms with van der Waals surface area (Å²) in [6.45, 7) is 1.87. The van der Waals surface area contributed by atoms with Crippen LogP contribution < -0.4 is 5.32 Å². The van der Waals surface area contributed by atoms with E-state index in [9.17, 15) is 8.42 Å².